The van der Waals surface area contributed by atoms with Gasteiger partial charge in [-0.25, -0.2) is 8.42 Å². The van der Waals surface area contributed by atoms with Gasteiger partial charge in [0, 0.05) is 11.5 Å². The molecule has 0 atom stereocenters. The summed E-state index contributed by atoms with van der Waals surface area (Å²) in [6.45, 7) is 0.667. The Bertz CT molecular complexity index is 1310. The van der Waals surface area contributed by atoms with Gasteiger partial charge in [-0.1, -0.05) is 24.3 Å². The summed E-state index contributed by atoms with van der Waals surface area (Å²) < 4.78 is 64.1. The molecule has 9 heteroatoms. The summed E-state index contributed by atoms with van der Waals surface area (Å²) in [6, 6.07) is 13.7. The van der Waals surface area contributed by atoms with Crippen LogP contribution in [0.1, 0.15) is 0 Å². The molecule has 0 fully saturated rings. The molecule has 0 aliphatic carbocycles. The molecule has 27 heavy (non-hydrogen) atoms. The molecule has 138 valence electrons. The van der Waals surface area contributed by atoms with Crippen molar-refractivity contribution in [3.05, 3.63) is 54.6 Å². The van der Waals surface area contributed by atoms with Crippen molar-refractivity contribution >= 4 is 36.5 Å². The first-order valence-electron chi connectivity index (χ1n) is 8.13. The minimum atomic E-state index is -4.38. The highest BCUT2D eigenvalue weighted by molar-refractivity contribution is 8.10. The third-order valence-corrected chi connectivity index (χ3v) is 8.76. The summed E-state index contributed by atoms with van der Waals surface area (Å²) in [5.74, 6) is 0.699. The first-order valence-corrected chi connectivity index (χ1v) is 11.0. The molecule has 0 radical (unpaired) electrons. The van der Waals surface area contributed by atoms with Crippen molar-refractivity contribution in [3.63, 3.8) is 0 Å². The minimum absolute atomic E-state index is 0.0169. The van der Waals surface area contributed by atoms with Crippen molar-refractivity contribution in [2.45, 2.75) is 9.79 Å². The molecule has 0 unspecified atom stereocenters. The Balaban J connectivity index is 1.74. The van der Waals surface area contributed by atoms with Crippen LogP contribution in [0.3, 0.4) is 0 Å². The summed E-state index contributed by atoms with van der Waals surface area (Å²) in [4.78, 5) is -0.197. The fraction of sp³-hybridized carbons (Fsp3) is 0.111. The van der Waals surface area contributed by atoms with Gasteiger partial charge in [0.2, 0.25) is 0 Å². The van der Waals surface area contributed by atoms with Crippen molar-refractivity contribution in [2.24, 2.45) is 0 Å². The third kappa shape index (κ3) is 2.18. The molecule has 2 aliphatic rings. The van der Waals surface area contributed by atoms with Crippen LogP contribution in [0.2, 0.25) is 0 Å². The molecule has 5 rings (SSSR count). The average Bonchev–Trinajstić information content (AvgIpc) is 2.90. The summed E-state index contributed by atoms with van der Waals surface area (Å²) in [5, 5.41) is 1.06. The highest BCUT2D eigenvalue weighted by Gasteiger charge is 2.44. The molecule has 2 aliphatic heterocycles. The highest BCUT2D eigenvalue weighted by Crippen LogP contribution is 2.45. The van der Waals surface area contributed by atoms with Crippen LogP contribution in [0.4, 0.5) is 5.69 Å². The van der Waals surface area contributed by atoms with E-state index in [0.717, 1.165) is 0 Å². The summed E-state index contributed by atoms with van der Waals surface area (Å²) in [7, 11) is -8.64. The first-order chi connectivity index (χ1) is 12.9. The molecule has 2 heterocycles. The van der Waals surface area contributed by atoms with Gasteiger partial charge in [-0.3, -0.25) is 0 Å². The Morgan fingerprint density at radius 1 is 0.889 bits per heavy atom. The third-order valence-electron chi connectivity index (χ3n) is 4.57. The highest BCUT2D eigenvalue weighted by atomic mass is 32.3. The second-order valence-corrected chi connectivity index (χ2v) is 9.92. The largest absolute Gasteiger partial charge is 0.486 e. The van der Waals surface area contributed by atoms with Crippen molar-refractivity contribution in [1.82, 2.24) is 0 Å². The van der Waals surface area contributed by atoms with Crippen LogP contribution >= 0.6 is 0 Å². The van der Waals surface area contributed by atoms with Gasteiger partial charge >= 0.3 is 0 Å². The van der Waals surface area contributed by atoms with E-state index in [1.165, 1.54) is 30.3 Å². The average molecular weight is 403 g/mol. The van der Waals surface area contributed by atoms with Gasteiger partial charge in [0.1, 0.15) is 13.2 Å². The first kappa shape index (κ1) is 16.4. The van der Waals surface area contributed by atoms with Crippen LogP contribution in [0, 0.1) is 0 Å². The van der Waals surface area contributed by atoms with Gasteiger partial charge in [-0.2, -0.15) is 12.1 Å². The number of rotatable bonds is 2. The SMILES string of the molecule is O=S(=O)(c1ccc2c(c1)OCCO2)N1c2cccc3cccc(c23)S1(=O)=O. The molecule has 0 bridgehead atoms. The zero-order chi connectivity index (χ0) is 18.8. The fourth-order valence-electron chi connectivity index (χ4n) is 3.41. The molecule has 0 saturated carbocycles. The number of nitrogens with zero attached hydrogens (tertiary/aromatic N) is 1. The minimum Gasteiger partial charge on any atom is -0.486 e. The lowest BCUT2D eigenvalue weighted by Gasteiger charge is -2.22. The lowest BCUT2D eigenvalue weighted by Crippen LogP contribution is -2.34. The van der Waals surface area contributed by atoms with E-state index in [9.17, 15) is 16.8 Å². The van der Waals surface area contributed by atoms with Crippen molar-refractivity contribution in [3.8, 4) is 11.5 Å². The number of anilines is 1. The lowest BCUT2D eigenvalue weighted by molar-refractivity contribution is 0.171. The summed E-state index contributed by atoms with van der Waals surface area (Å²) in [6.07, 6.45) is 0. The number of hydrogen-bond donors (Lipinski definition) is 0. The van der Waals surface area contributed by atoms with Crippen LogP contribution in [-0.4, -0.2) is 30.0 Å². The van der Waals surface area contributed by atoms with E-state index in [2.05, 4.69) is 0 Å². The van der Waals surface area contributed by atoms with Crippen LogP contribution in [0.5, 0.6) is 11.5 Å². The summed E-state index contributed by atoms with van der Waals surface area (Å²) >= 11 is 0. The van der Waals surface area contributed by atoms with E-state index in [1.807, 2.05) is 0 Å². The van der Waals surface area contributed by atoms with E-state index in [1.54, 1.807) is 24.3 Å². The Kier molecular flexibility index (Phi) is 3.26. The van der Waals surface area contributed by atoms with E-state index in [-0.39, 0.29) is 21.2 Å². The Morgan fingerprint density at radius 3 is 2.37 bits per heavy atom. The molecule has 3 aromatic carbocycles. The van der Waals surface area contributed by atoms with Gasteiger partial charge in [-0.15, -0.1) is 0 Å². The van der Waals surface area contributed by atoms with Gasteiger partial charge in [-0.05, 0) is 29.7 Å². The number of ether oxygens (including phenoxy) is 2. The number of fused-ring (bicyclic) bond motifs is 1. The smallest absolute Gasteiger partial charge is 0.278 e. The van der Waals surface area contributed by atoms with E-state index in [4.69, 9.17) is 9.47 Å². The van der Waals surface area contributed by atoms with E-state index >= 15 is 0 Å². The molecular weight excluding hydrogens is 390 g/mol. The quantitative estimate of drug-likeness (QED) is 0.653. The van der Waals surface area contributed by atoms with Crippen molar-refractivity contribution in [2.75, 3.05) is 16.9 Å². The van der Waals surface area contributed by atoms with Crippen LogP contribution in [0.15, 0.2) is 64.4 Å². The molecule has 0 aromatic heterocycles. The lowest BCUT2D eigenvalue weighted by atomic mass is 10.1. The van der Waals surface area contributed by atoms with Gasteiger partial charge in [0.25, 0.3) is 20.0 Å². The zero-order valence-corrected chi connectivity index (χ0v) is 15.5. The molecule has 0 N–H and O–H groups in total. The van der Waals surface area contributed by atoms with Crippen molar-refractivity contribution < 1.29 is 26.3 Å². The molecule has 3 aromatic rings. The molecule has 0 spiro atoms. The summed E-state index contributed by atoms with van der Waals surface area (Å²) in [5.41, 5.74) is 0.123. The maximum Gasteiger partial charge on any atom is 0.278 e. The molecule has 7 nitrogen and oxygen atoms in total. The Hall–Kier alpha value is -2.78. The fourth-order valence-corrected chi connectivity index (χ4v) is 7.36. The second-order valence-electron chi connectivity index (χ2n) is 6.14. The molecular formula is C18H13NO6S2. The van der Waals surface area contributed by atoms with E-state index < -0.39 is 20.0 Å². The molecule has 0 amide bonds. The maximum atomic E-state index is 13.3. The van der Waals surface area contributed by atoms with Crippen LogP contribution < -0.4 is 13.2 Å². The van der Waals surface area contributed by atoms with Gasteiger partial charge in [0.15, 0.2) is 11.5 Å². The molecule has 0 saturated heterocycles. The predicted octanol–water partition coefficient (Wildman–Crippen LogP) is 2.51. The van der Waals surface area contributed by atoms with Gasteiger partial charge < -0.3 is 9.47 Å². The van der Waals surface area contributed by atoms with Gasteiger partial charge in [0.05, 0.1) is 15.5 Å². The maximum absolute atomic E-state index is 13.3. The number of hydrogen-bond acceptors (Lipinski definition) is 6. The predicted molar refractivity (Wildman–Crippen MR) is 98.2 cm³/mol. The number of benzene rings is 3. The van der Waals surface area contributed by atoms with Crippen LogP contribution in [-0.2, 0) is 20.0 Å². The normalized spacial score (nSPS) is 17.3. The zero-order valence-electron chi connectivity index (χ0n) is 13.8. The number of sulfonamides is 2. The van der Waals surface area contributed by atoms with E-state index in [0.29, 0.717) is 33.4 Å². The second kappa shape index (κ2) is 5.37. The Morgan fingerprint density at radius 2 is 1.59 bits per heavy atom. The standard InChI is InChI=1S/C18H13NO6S2/c20-26(21,13-7-8-15-16(11-13)25-10-9-24-15)19-14-5-1-3-12-4-2-6-17(18(12)14)27(19,22)23/h1-8,11H,9-10H2. The topological polar surface area (TPSA) is 90.0 Å². The van der Waals surface area contributed by atoms with Crippen molar-refractivity contribution in [1.29, 1.82) is 0 Å². The monoisotopic (exact) mass is 403 g/mol. The Labute approximate surface area is 155 Å². The van der Waals surface area contributed by atoms with Crippen LogP contribution in [0.25, 0.3) is 10.8 Å².